The van der Waals surface area contributed by atoms with Gasteiger partial charge in [0.25, 0.3) is 0 Å². The van der Waals surface area contributed by atoms with Crippen LogP contribution in [-0.2, 0) is 4.79 Å². The molecule has 1 saturated heterocycles. The lowest BCUT2D eigenvalue weighted by Gasteiger charge is -2.26. The Morgan fingerprint density at radius 1 is 1.44 bits per heavy atom. The van der Waals surface area contributed by atoms with E-state index in [1.54, 1.807) is 0 Å². The van der Waals surface area contributed by atoms with Crippen LogP contribution in [0.25, 0.3) is 0 Å². The largest absolute Gasteiger partial charge is 0.368 e. The molecule has 7 heteroatoms. The molecule has 1 aliphatic rings. The average Bonchev–Trinajstić information content (AvgIpc) is 2.73. The van der Waals surface area contributed by atoms with Gasteiger partial charge in [-0.2, -0.15) is 4.98 Å². The number of nitrogens with zero attached hydrogens (tertiary/aromatic N) is 3. The summed E-state index contributed by atoms with van der Waals surface area (Å²) >= 11 is 0. The van der Waals surface area contributed by atoms with Crippen molar-refractivity contribution in [2.24, 2.45) is 0 Å². The number of nitrogen functional groups attached to an aromatic ring is 1. The SMILES string of the molecule is Nc1nc(NCC(=O)N2CCCCC2)n[nH]1. The van der Waals surface area contributed by atoms with Crippen LogP contribution in [0.5, 0.6) is 0 Å². The summed E-state index contributed by atoms with van der Waals surface area (Å²) in [5.74, 6) is 0.693. The summed E-state index contributed by atoms with van der Waals surface area (Å²) < 4.78 is 0. The molecule has 0 aromatic carbocycles. The van der Waals surface area contributed by atoms with Crippen LogP contribution in [0.4, 0.5) is 11.9 Å². The predicted molar refractivity (Wildman–Crippen MR) is 59.7 cm³/mol. The van der Waals surface area contributed by atoms with E-state index >= 15 is 0 Å². The molecule has 0 bridgehead atoms. The van der Waals surface area contributed by atoms with Gasteiger partial charge in [0.15, 0.2) is 0 Å². The van der Waals surface area contributed by atoms with Crippen molar-refractivity contribution in [2.45, 2.75) is 19.3 Å². The van der Waals surface area contributed by atoms with Crippen molar-refractivity contribution in [1.29, 1.82) is 0 Å². The zero-order chi connectivity index (χ0) is 11.4. The summed E-state index contributed by atoms with van der Waals surface area (Å²) in [5.41, 5.74) is 5.36. The number of nitrogens with one attached hydrogen (secondary N) is 2. The van der Waals surface area contributed by atoms with Crippen LogP contribution in [0.2, 0.25) is 0 Å². The van der Waals surface area contributed by atoms with Gasteiger partial charge < -0.3 is 16.0 Å². The second-order valence-corrected chi connectivity index (χ2v) is 3.84. The van der Waals surface area contributed by atoms with Crippen LogP contribution in [0.15, 0.2) is 0 Å². The van der Waals surface area contributed by atoms with Gasteiger partial charge >= 0.3 is 0 Å². The monoisotopic (exact) mass is 224 g/mol. The third kappa shape index (κ3) is 2.62. The highest BCUT2D eigenvalue weighted by molar-refractivity contribution is 5.80. The number of aromatic nitrogens is 3. The van der Waals surface area contributed by atoms with Crippen molar-refractivity contribution in [3.8, 4) is 0 Å². The lowest BCUT2D eigenvalue weighted by molar-refractivity contribution is -0.130. The highest BCUT2D eigenvalue weighted by atomic mass is 16.2. The summed E-state index contributed by atoms with van der Waals surface area (Å²) in [4.78, 5) is 17.5. The number of hydrogen-bond acceptors (Lipinski definition) is 5. The molecule has 0 unspecified atom stereocenters. The highest BCUT2D eigenvalue weighted by Gasteiger charge is 2.16. The van der Waals surface area contributed by atoms with E-state index in [9.17, 15) is 4.79 Å². The second-order valence-electron chi connectivity index (χ2n) is 3.84. The Hall–Kier alpha value is -1.79. The van der Waals surface area contributed by atoms with Crippen LogP contribution in [0, 0.1) is 0 Å². The van der Waals surface area contributed by atoms with Crippen LogP contribution >= 0.6 is 0 Å². The van der Waals surface area contributed by atoms with Crippen molar-refractivity contribution in [3.05, 3.63) is 0 Å². The predicted octanol–water partition coefficient (Wildman–Crippen LogP) is -0.189. The molecule has 7 nitrogen and oxygen atoms in total. The van der Waals surface area contributed by atoms with E-state index in [2.05, 4.69) is 20.5 Å². The Bertz CT molecular complexity index is 357. The maximum absolute atomic E-state index is 11.7. The van der Waals surface area contributed by atoms with Crippen LogP contribution in [-0.4, -0.2) is 45.6 Å². The first-order valence-electron chi connectivity index (χ1n) is 5.45. The van der Waals surface area contributed by atoms with Crippen molar-refractivity contribution in [2.75, 3.05) is 30.7 Å². The number of carbonyl (C=O) groups excluding carboxylic acids is 1. The molecule has 1 fully saturated rings. The lowest BCUT2D eigenvalue weighted by atomic mass is 10.1. The van der Waals surface area contributed by atoms with Gasteiger partial charge in [-0.15, -0.1) is 5.10 Å². The minimum Gasteiger partial charge on any atom is -0.368 e. The summed E-state index contributed by atoms with van der Waals surface area (Å²) in [6.07, 6.45) is 3.41. The van der Waals surface area contributed by atoms with Crippen LogP contribution in [0.3, 0.4) is 0 Å². The number of anilines is 2. The van der Waals surface area contributed by atoms with Gasteiger partial charge in [0.05, 0.1) is 6.54 Å². The Labute approximate surface area is 93.4 Å². The highest BCUT2D eigenvalue weighted by Crippen LogP contribution is 2.08. The quantitative estimate of drug-likeness (QED) is 0.661. The molecule has 0 saturated carbocycles. The van der Waals surface area contributed by atoms with Gasteiger partial charge in [-0.1, -0.05) is 0 Å². The molecule has 2 heterocycles. The van der Waals surface area contributed by atoms with E-state index in [0.29, 0.717) is 5.95 Å². The Balaban J connectivity index is 1.78. The van der Waals surface area contributed by atoms with Gasteiger partial charge in [0.2, 0.25) is 17.8 Å². The molecule has 0 spiro atoms. The minimum absolute atomic E-state index is 0.0862. The molecular weight excluding hydrogens is 208 g/mol. The summed E-state index contributed by atoms with van der Waals surface area (Å²) in [5, 5.41) is 9.13. The molecule has 0 atom stereocenters. The van der Waals surface area contributed by atoms with Gasteiger partial charge in [-0.05, 0) is 19.3 Å². The Morgan fingerprint density at radius 3 is 2.81 bits per heavy atom. The number of aromatic amines is 1. The molecule has 16 heavy (non-hydrogen) atoms. The van der Waals surface area contributed by atoms with E-state index in [4.69, 9.17) is 5.73 Å². The van der Waals surface area contributed by atoms with Crippen molar-refractivity contribution in [1.82, 2.24) is 20.1 Å². The number of nitrogens with two attached hydrogens (primary N) is 1. The summed E-state index contributed by atoms with van der Waals surface area (Å²) in [7, 11) is 0. The third-order valence-electron chi connectivity index (χ3n) is 2.61. The van der Waals surface area contributed by atoms with Gasteiger partial charge in [0, 0.05) is 13.1 Å². The number of hydrogen-bond donors (Lipinski definition) is 3. The minimum atomic E-state index is 0.0862. The third-order valence-corrected chi connectivity index (χ3v) is 2.61. The van der Waals surface area contributed by atoms with E-state index in [1.165, 1.54) is 6.42 Å². The normalized spacial score (nSPS) is 16.1. The van der Waals surface area contributed by atoms with Gasteiger partial charge in [0.1, 0.15) is 0 Å². The molecule has 1 aromatic heterocycles. The van der Waals surface area contributed by atoms with Gasteiger partial charge in [-0.25, -0.2) is 5.10 Å². The molecule has 2 rings (SSSR count). The number of piperidine rings is 1. The maximum atomic E-state index is 11.7. The average molecular weight is 224 g/mol. The summed E-state index contributed by atoms with van der Waals surface area (Å²) in [6, 6.07) is 0. The first kappa shape index (κ1) is 10.7. The molecule has 4 N–H and O–H groups in total. The molecule has 0 aliphatic carbocycles. The maximum Gasteiger partial charge on any atom is 0.244 e. The number of rotatable bonds is 3. The van der Waals surface area contributed by atoms with Crippen molar-refractivity contribution >= 4 is 17.8 Å². The number of carbonyl (C=O) groups is 1. The molecule has 1 aromatic rings. The number of amides is 1. The Kier molecular flexibility index (Phi) is 3.23. The van der Waals surface area contributed by atoms with E-state index < -0.39 is 0 Å². The molecule has 1 amide bonds. The number of H-pyrrole nitrogens is 1. The van der Waals surface area contributed by atoms with Crippen molar-refractivity contribution < 1.29 is 4.79 Å². The van der Waals surface area contributed by atoms with Crippen molar-refractivity contribution in [3.63, 3.8) is 0 Å². The smallest absolute Gasteiger partial charge is 0.244 e. The van der Waals surface area contributed by atoms with Crippen LogP contribution in [0.1, 0.15) is 19.3 Å². The fourth-order valence-electron chi connectivity index (χ4n) is 1.76. The fraction of sp³-hybridized carbons (Fsp3) is 0.667. The Morgan fingerprint density at radius 2 is 2.19 bits per heavy atom. The van der Waals surface area contributed by atoms with Crippen LogP contribution < -0.4 is 11.1 Å². The zero-order valence-electron chi connectivity index (χ0n) is 9.07. The zero-order valence-corrected chi connectivity index (χ0v) is 9.07. The molecular formula is C9H16N6O. The van der Waals surface area contributed by atoms with E-state index in [0.717, 1.165) is 25.9 Å². The number of likely N-dealkylation sites (tertiary alicyclic amines) is 1. The van der Waals surface area contributed by atoms with E-state index in [-0.39, 0.29) is 18.4 Å². The fourth-order valence-corrected chi connectivity index (χ4v) is 1.76. The van der Waals surface area contributed by atoms with E-state index in [1.807, 2.05) is 4.90 Å². The standard InChI is InChI=1S/C9H16N6O/c10-8-12-9(14-13-8)11-6-7(16)15-4-2-1-3-5-15/h1-6H2,(H4,10,11,12,13,14). The molecule has 1 aliphatic heterocycles. The summed E-state index contributed by atoms with van der Waals surface area (Å²) in [6.45, 7) is 1.94. The molecule has 88 valence electrons. The molecule has 0 radical (unpaired) electrons. The topological polar surface area (TPSA) is 99.9 Å². The second kappa shape index (κ2) is 4.82. The first-order valence-corrected chi connectivity index (χ1v) is 5.45. The first-order chi connectivity index (χ1) is 7.75. The van der Waals surface area contributed by atoms with Gasteiger partial charge in [-0.3, -0.25) is 4.79 Å². The lowest BCUT2D eigenvalue weighted by Crippen LogP contribution is -2.39.